The highest BCUT2D eigenvalue weighted by molar-refractivity contribution is 5.84. The molecule has 2 saturated heterocycles. The van der Waals surface area contributed by atoms with E-state index in [9.17, 15) is 4.79 Å². The van der Waals surface area contributed by atoms with Crippen molar-refractivity contribution in [2.45, 2.75) is 38.9 Å². The Balaban J connectivity index is 1.50. The van der Waals surface area contributed by atoms with E-state index in [2.05, 4.69) is 34.7 Å². The molecule has 3 heterocycles. The van der Waals surface area contributed by atoms with Gasteiger partial charge in [-0.15, -0.1) is 0 Å². The third kappa shape index (κ3) is 3.70. The van der Waals surface area contributed by atoms with Gasteiger partial charge in [0.2, 0.25) is 11.8 Å². The van der Waals surface area contributed by atoms with Crippen LogP contribution in [0.2, 0.25) is 0 Å². The highest BCUT2D eigenvalue weighted by Crippen LogP contribution is 2.21. The molecule has 0 aliphatic carbocycles. The van der Waals surface area contributed by atoms with Crippen molar-refractivity contribution in [3.05, 3.63) is 23.9 Å². The number of carbonyl (C=O) groups excluding carboxylic acids is 1. The number of nitrogens with zero attached hydrogens (tertiary/aromatic N) is 4. The summed E-state index contributed by atoms with van der Waals surface area (Å²) in [7, 11) is 1.63. The third-order valence-corrected chi connectivity index (χ3v) is 5.10. The van der Waals surface area contributed by atoms with E-state index in [1.807, 2.05) is 17.2 Å². The van der Waals surface area contributed by atoms with Crippen LogP contribution < -0.4 is 4.74 Å². The maximum Gasteiger partial charge on any atom is 0.240 e. The van der Waals surface area contributed by atoms with Gasteiger partial charge in [-0.2, -0.15) is 0 Å². The van der Waals surface area contributed by atoms with E-state index in [-0.39, 0.29) is 6.04 Å². The van der Waals surface area contributed by atoms with Gasteiger partial charge in [-0.3, -0.25) is 14.6 Å². The number of amides is 1. The fourth-order valence-electron chi connectivity index (χ4n) is 3.65. The number of aromatic nitrogens is 1. The Bertz CT molecular complexity index is 553. The molecule has 0 aromatic carbocycles. The lowest BCUT2D eigenvalue weighted by atomic mass is 10.1. The van der Waals surface area contributed by atoms with Crippen LogP contribution in [0.25, 0.3) is 0 Å². The van der Waals surface area contributed by atoms with E-state index < -0.39 is 0 Å². The second-order valence-electron chi connectivity index (χ2n) is 6.95. The van der Waals surface area contributed by atoms with Crippen LogP contribution in [0, 0.1) is 0 Å². The summed E-state index contributed by atoms with van der Waals surface area (Å²) in [6, 6.07) is 4.38. The van der Waals surface area contributed by atoms with E-state index in [0.29, 0.717) is 17.8 Å². The first-order valence-electron chi connectivity index (χ1n) is 8.84. The molecule has 0 bridgehead atoms. The van der Waals surface area contributed by atoms with Crippen LogP contribution in [0.15, 0.2) is 18.3 Å². The molecule has 2 aliphatic rings. The zero-order valence-electron chi connectivity index (χ0n) is 14.9. The van der Waals surface area contributed by atoms with Gasteiger partial charge in [-0.05, 0) is 25.8 Å². The van der Waals surface area contributed by atoms with Gasteiger partial charge in [-0.25, -0.2) is 4.98 Å². The number of piperazine rings is 1. The van der Waals surface area contributed by atoms with E-state index in [0.717, 1.165) is 45.7 Å². The quantitative estimate of drug-likeness (QED) is 0.811. The third-order valence-electron chi connectivity index (χ3n) is 5.10. The molecule has 1 aromatic rings. The first kappa shape index (κ1) is 17.2. The topological polar surface area (TPSA) is 48.9 Å². The largest absolute Gasteiger partial charge is 0.481 e. The van der Waals surface area contributed by atoms with Gasteiger partial charge < -0.3 is 9.64 Å². The van der Waals surface area contributed by atoms with Crippen molar-refractivity contribution in [1.29, 1.82) is 0 Å². The molecular weight excluding hydrogens is 304 g/mol. The number of carbonyl (C=O) groups is 1. The zero-order valence-corrected chi connectivity index (χ0v) is 14.9. The lowest BCUT2D eigenvalue weighted by Gasteiger charge is -2.37. The summed E-state index contributed by atoms with van der Waals surface area (Å²) >= 11 is 0. The first-order chi connectivity index (χ1) is 11.6. The number of hydrogen-bond donors (Lipinski definition) is 0. The van der Waals surface area contributed by atoms with Gasteiger partial charge in [0, 0.05) is 57.6 Å². The predicted molar refractivity (Wildman–Crippen MR) is 92.9 cm³/mol. The normalized spacial score (nSPS) is 23.2. The summed E-state index contributed by atoms with van der Waals surface area (Å²) in [5.74, 6) is 0.968. The van der Waals surface area contributed by atoms with Gasteiger partial charge in [0.15, 0.2) is 0 Å². The molecule has 0 spiro atoms. The molecule has 1 aromatic heterocycles. The summed E-state index contributed by atoms with van der Waals surface area (Å²) in [4.78, 5) is 23.6. The summed E-state index contributed by atoms with van der Waals surface area (Å²) in [6.45, 7) is 9.93. The monoisotopic (exact) mass is 332 g/mol. The Morgan fingerprint density at radius 2 is 1.96 bits per heavy atom. The molecule has 1 unspecified atom stereocenters. The molecule has 0 saturated carbocycles. The number of methoxy groups -OCH3 is 1. The van der Waals surface area contributed by atoms with Gasteiger partial charge in [0.05, 0.1) is 13.2 Å². The van der Waals surface area contributed by atoms with Gasteiger partial charge in [0.1, 0.15) is 0 Å². The second-order valence-corrected chi connectivity index (χ2v) is 6.95. The van der Waals surface area contributed by atoms with Gasteiger partial charge in [0.25, 0.3) is 0 Å². The second kappa shape index (κ2) is 7.49. The smallest absolute Gasteiger partial charge is 0.240 e. The van der Waals surface area contributed by atoms with Crippen molar-refractivity contribution >= 4 is 5.91 Å². The Kier molecular flexibility index (Phi) is 5.36. The summed E-state index contributed by atoms with van der Waals surface area (Å²) < 4.78 is 5.10. The Hall–Kier alpha value is -1.66. The van der Waals surface area contributed by atoms with Crippen molar-refractivity contribution in [2.24, 2.45) is 0 Å². The minimum absolute atomic E-state index is 0.0946. The van der Waals surface area contributed by atoms with Crippen LogP contribution in [-0.2, 0) is 11.3 Å². The zero-order chi connectivity index (χ0) is 17.1. The Morgan fingerprint density at radius 3 is 2.50 bits per heavy atom. The molecule has 6 heteroatoms. The minimum atomic E-state index is 0.0946. The summed E-state index contributed by atoms with van der Waals surface area (Å²) in [5.41, 5.74) is 1.20. The standard InChI is InChI=1S/C18H28N4O2/c1-14(2)22-7-6-16(18(22)23)21-10-8-20(9-11-21)13-15-4-5-17(24-3)19-12-15/h4-5,12,14,16H,6-11,13H2,1-3H3. The van der Waals surface area contributed by atoms with E-state index in [4.69, 9.17) is 4.74 Å². The van der Waals surface area contributed by atoms with Gasteiger partial charge >= 0.3 is 0 Å². The molecule has 1 amide bonds. The molecule has 1 atom stereocenters. The van der Waals surface area contributed by atoms with Crippen molar-refractivity contribution in [2.75, 3.05) is 39.8 Å². The number of pyridine rings is 1. The summed E-state index contributed by atoms with van der Waals surface area (Å²) in [5, 5.41) is 0. The van der Waals surface area contributed by atoms with Crippen molar-refractivity contribution < 1.29 is 9.53 Å². The molecule has 132 valence electrons. The van der Waals surface area contributed by atoms with E-state index in [1.54, 1.807) is 7.11 Å². The van der Waals surface area contributed by atoms with Crippen LogP contribution in [-0.4, -0.2) is 77.5 Å². The van der Waals surface area contributed by atoms with Crippen LogP contribution in [0.1, 0.15) is 25.8 Å². The molecule has 0 radical (unpaired) electrons. The maximum atomic E-state index is 12.5. The fraction of sp³-hybridized carbons (Fsp3) is 0.667. The maximum absolute atomic E-state index is 12.5. The Morgan fingerprint density at radius 1 is 1.21 bits per heavy atom. The van der Waals surface area contributed by atoms with Crippen molar-refractivity contribution in [3.8, 4) is 5.88 Å². The SMILES string of the molecule is COc1ccc(CN2CCN(C3CCN(C(C)C)C3=O)CC2)cn1. The lowest BCUT2D eigenvalue weighted by molar-refractivity contribution is -0.134. The number of likely N-dealkylation sites (tertiary alicyclic amines) is 1. The van der Waals surface area contributed by atoms with Crippen LogP contribution >= 0.6 is 0 Å². The predicted octanol–water partition coefficient (Wildman–Crippen LogP) is 1.22. The highest BCUT2D eigenvalue weighted by atomic mass is 16.5. The highest BCUT2D eigenvalue weighted by Gasteiger charge is 2.37. The minimum Gasteiger partial charge on any atom is -0.481 e. The molecule has 6 nitrogen and oxygen atoms in total. The first-order valence-corrected chi connectivity index (χ1v) is 8.84. The summed E-state index contributed by atoms with van der Waals surface area (Å²) in [6.07, 6.45) is 2.85. The van der Waals surface area contributed by atoms with Crippen LogP contribution in [0.3, 0.4) is 0 Å². The number of hydrogen-bond acceptors (Lipinski definition) is 5. The van der Waals surface area contributed by atoms with Crippen molar-refractivity contribution in [1.82, 2.24) is 19.7 Å². The van der Waals surface area contributed by atoms with Crippen LogP contribution in [0.5, 0.6) is 5.88 Å². The van der Waals surface area contributed by atoms with Crippen LogP contribution in [0.4, 0.5) is 0 Å². The molecule has 2 fully saturated rings. The molecular formula is C18H28N4O2. The molecule has 2 aliphatic heterocycles. The van der Waals surface area contributed by atoms with Gasteiger partial charge in [-0.1, -0.05) is 6.07 Å². The van der Waals surface area contributed by atoms with Crippen molar-refractivity contribution in [3.63, 3.8) is 0 Å². The van der Waals surface area contributed by atoms with E-state index >= 15 is 0 Å². The molecule has 24 heavy (non-hydrogen) atoms. The number of ether oxygens (including phenoxy) is 1. The fourth-order valence-corrected chi connectivity index (χ4v) is 3.65. The average molecular weight is 332 g/mol. The number of rotatable bonds is 5. The Labute approximate surface area is 144 Å². The average Bonchev–Trinajstić information content (AvgIpc) is 2.98. The molecule has 0 N–H and O–H groups in total. The molecule has 3 rings (SSSR count). The van der Waals surface area contributed by atoms with E-state index in [1.165, 1.54) is 5.56 Å². The lowest BCUT2D eigenvalue weighted by Crippen LogP contribution is -2.52.